The smallest absolute Gasteiger partial charge is 0.123 e. The molecule has 4 heteroatoms. The van der Waals surface area contributed by atoms with Crippen molar-refractivity contribution in [2.45, 2.75) is 31.8 Å². The SMILES string of the molecule is COc1ccc(CN(CCCOc2ccc(F)cc2)C2CC2)cc1. The summed E-state index contributed by atoms with van der Waals surface area (Å²) < 4.78 is 23.8. The molecular formula is C20H24FNO2. The fourth-order valence-corrected chi connectivity index (χ4v) is 2.78. The summed E-state index contributed by atoms with van der Waals surface area (Å²) in [4.78, 5) is 2.52. The molecule has 3 rings (SSSR count). The lowest BCUT2D eigenvalue weighted by atomic mass is 10.2. The van der Waals surface area contributed by atoms with Gasteiger partial charge in [0.1, 0.15) is 17.3 Å². The topological polar surface area (TPSA) is 21.7 Å². The highest BCUT2D eigenvalue weighted by atomic mass is 19.1. The summed E-state index contributed by atoms with van der Waals surface area (Å²) in [6.07, 6.45) is 3.54. The van der Waals surface area contributed by atoms with Crippen molar-refractivity contribution in [2.24, 2.45) is 0 Å². The maximum Gasteiger partial charge on any atom is 0.123 e. The Morgan fingerprint density at radius 3 is 2.29 bits per heavy atom. The van der Waals surface area contributed by atoms with Crippen molar-refractivity contribution < 1.29 is 13.9 Å². The lowest BCUT2D eigenvalue weighted by Gasteiger charge is -2.22. The van der Waals surface area contributed by atoms with E-state index < -0.39 is 0 Å². The standard InChI is InChI=1S/C20H24FNO2/c1-23-19-9-3-16(4-10-19)15-22(18-7-8-18)13-2-14-24-20-11-5-17(21)6-12-20/h3-6,9-12,18H,2,7-8,13-15H2,1H3. The summed E-state index contributed by atoms with van der Waals surface area (Å²) in [5.41, 5.74) is 1.31. The van der Waals surface area contributed by atoms with Crippen LogP contribution in [-0.4, -0.2) is 31.2 Å². The second kappa shape index (κ2) is 8.15. The Hall–Kier alpha value is -2.07. The van der Waals surface area contributed by atoms with Crippen molar-refractivity contribution >= 4 is 0 Å². The number of rotatable bonds is 9. The maximum atomic E-state index is 12.9. The first-order chi connectivity index (χ1) is 11.7. The van der Waals surface area contributed by atoms with Crippen molar-refractivity contribution in [3.63, 3.8) is 0 Å². The van der Waals surface area contributed by atoms with Crippen LogP contribution in [0.4, 0.5) is 4.39 Å². The van der Waals surface area contributed by atoms with E-state index in [0.29, 0.717) is 12.6 Å². The number of nitrogens with zero attached hydrogens (tertiary/aromatic N) is 1. The van der Waals surface area contributed by atoms with Gasteiger partial charge in [-0.25, -0.2) is 4.39 Å². The highest BCUT2D eigenvalue weighted by Gasteiger charge is 2.28. The number of methoxy groups -OCH3 is 1. The number of halogens is 1. The van der Waals surface area contributed by atoms with Gasteiger partial charge in [-0.3, -0.25) is 4.90 Å². The predicted octanol–water partition coefficient (Wildman–Crippen LogP) is 4.27. The Morgan fingerprint density at radius 1 is 1.00 bits per heavy atom. The van der Waals surface area contributed by atoms with Crippen molar-refractivity contribution in [3.8, 4) is 11.5 Å². The normalized spacial score (nSPS) is 14.0. The van der Waals surface area contributed by atoms with Crippen molar-refractivity contribution in [3.05, 3.63) is 59.9 Å². The van der Waals surface area contributed by atoms with Crippen LogP contribution in [0.25, 0.3) is 0 Å². The molecule has 0 radical (unpaired) electrons. The number of hydrogen-bond donors (Lipinski definition) is 0. The summed E-state index contributed by atoms with van der Waals surface area (Å²) in [5, 5.41) is 0. The van der Waals surface area contributed by atoms with Crippen molar-refractivity contribution in [2.75, 3.05) is 20.3 Å². The Labute approximate surface area is 143 Å². The molecule has 0 aromatic heterocycles. The highest BCUT2D eigenvalue weighted by molar-refractivity contribution is 5.27. The van der Waals surface area contributed by atoms with E-state index in [0.717, 1.165) is 31.0 Å². The number of hydrogen-bond acceptors (Lipinski definition) is 3. The van der Waals surface area contributed by atoms with Crippen LogP contribution in [0.3, 0.4) is 0 Å². The third-order valence-electron chi connectivity index (χ3n) is 4.28. The fraction of sp³-hybridized carbons (Fsp3) is 0.400. The summed E-state index contributed by atoms with van der Waals surface area (Å²) >= 11 is 0. The predicted molar refractivity (Wildman–Crippen MR) is 92.9 cm³/mol. The van der Waals surface area contributed by atoms with Crippen LogP contribution in [0.2, 0.25) is 0 Å². The molecule has 1 aliphatic rings. The second-order valence-electron chi connectivity index (χ2n) is 6.21. The van der Waals surface area contributed by atoms with Gasteiger partial charge in [-0.1, -0.05) is 12.1 Å². The van der Waals surface area contributed by atoms with Gasteiger partial charge in [0, 0.05) is 19.1 Å². The van der Waals surface area contributed by atoms with Crippen LogP contribution >= 0.6 is 0 Å². The summed E-state index contributed by atoms with van der Waals surface area (Å²) in [6.45, 7) is 2.63. The van der Waals surface area contributed by atoms with Gasteiger partial charge in [0.2, 0.25) is 0 Å². The minimum absolute atomic E-state index is 0.234. The molecule has 0 aliphatic heterocycles. The van der Waals surface area contributed by atoms with Crippen molar-refractivity contribution in [1.82, 2.24) is 4.90 Å². The Balaban J connectivity index is 1.44. The molecule has 0 bridgehead atoms. The molecule has 0 heterocycles. The molecule has 3 nitrogen and oxygen atoms in total. The van der Waals surface area contributed by atoms with E-state index in [4.69, 9.17) is 9.47 Å². The first-order valence-electron chi connectivity index (χ1n) is 8.50. The highest BCUT2D eigenvalue weighted by Crippen LogP contribution is 2.28. The fourth-order valence-electron chi connectivity index (χ4n) is 2.78. The van der Waals surface area contributed by atoms with E-state index in [1.165, 1.54) is 30.5 Å². The lowest BCUT2D eigenvalue weighted by molar-refractivity contribution is 0.220. The van der Waals surface area contributed by atoms with Crippen LogP contribution in [0.15, 0.2) is 48.5 Å². The molecule has 1 fully saturated rings. The van der Waals surface area contributed by atoms with E-state index in [1.807, 2.05) is 12.1 Å². The van der Waals surface area contributed by atoms with Gasteiger partial charge < -0.3 is 9.47 Å². The molecule has 1 aliphatic carbocycles. The van der Waals surface area contributed by atoms with Crippen LogP contribution in [0.5, 0.6) is 11.5 Å². The molecule has 24 heavy (non-hydrogen) atoms. The zero-order valence-electron chi connectivity index (χ0n) is 14.1. The minimum Gasteiger partial charge on any atom is -0.497 e. The number of ether oxygens (including phenoxy) is 2. The Morgan fingerprint density at radius 2 is 1.67 bits per heavy atom. The lowest BCUT2D eigenvalue weighted by Crippen LogP contribution is -2.27. The Bertz CT molecular complexity index is 623. The monoisotopic (exact) mass is 329 g/mol. The third kappa shape index (κ3) is 4.96. The summed E-state index contributed by atoms with van der Waals surface area (Å²) in [6, 6.07) is 15.2. The van der Waals surface area contributed by atoms with Crippen LogP contribution in [-0.2, 0) is 6.54 Å². The molecule has 0 saturated heterocycles. The maximum absolute atomic E-state index is 12.9. The molecule has 0 amide bonds. The first kappa shape index (κ1) is 16.8. The van der Waals surface area contributed by atoms with Crippen LogP contribution in [0, 0.1) is 5.82 Å². The molecule has 2 aromatic carbocycles. The van der Waals surface area contributed by atoms with E-state index >= 15 is 0 Å². The van der Waals surface area contributed by atoms with E-state index in [9.17, 15) is 4.39 Å². The Kier molecular flexibility index (Phi) is 5.70. The average molecular weight is 329 g/mol. The van der Waals surface area contributed by atoms with Gasteiger partial charge in [0.15, 0.2) is 0 Å². The average Bonchev–Trinajstić information content (AvgIpc) is 3.45. The zero-order valence-corrected chi connectivity index (χ0v) is 14.1. The molecule has 1 saturated carbocycles. The minimum atomic E-state index is -0.234. The van der Waals surface area contributed by atoms with Crippen LogP contribution in [0.1, 0.15) is 24.8 Å². The van der Waals surface area contributed by atoms with E-state index in [-0.39, 0.29) is 5.82 Å². The van der Waals surface area contributed by atoms with Crippen molar-refractivity contribution in [1.29, 1.82) is 0 Å². The molecule has 128 valence electrons. The van der Waals surface area contributed by atoms with Gasteiger partial charge in [0.05, 0.1) is 13.7 Å². The van der Waals surface area contributed by atoms with E-state index in [2.05, 4.69) is 17.0 Å². The third-order valence-corrected chi connectivity index (χ3v) is 4.28. The molecule has 0 unspecified atom stereocenters. The molecule has 2 aromatic rings. The second-order valence-corrected chi connectivity index (χ2v) is 6.21. The zero-order chi connectivity index (χ0) is 16.8. The molecule has 0 N–H and O–H groups in total. The number of benzene rings is 2. The summed E-state index contributed by atoms with van der Waals surface area (Å²) in [5.74, 6) is 1.38. The largest absolute Gasteiger partial charge is 0.497 e. The molecular weight excluding hydrogens is 305 g/mol. The first-order valence-corrected chi connectivity index (χ1v) is 8.50. The van der Waals surface area contributed by atoms with Gasteiger partial charge >= 0.3 is 0 Å². The van der Waals surface area contributed by atoms with Gasteiger partial charge in [0.25, 0.3) is 0 Å². The molecule has 0 spiro atoms. The van der Waals surface area contributed by atoms with Gasteiger partial charge in [-0.05, 0) is 61.2 Å². The summed E-state index contributed by atoms with van der Waals surface area (Å²) in [7, 11) is 1.69. The van der Waals surface area contributed by atoms with E-state index in [1.54, 1.807) is 19.2 Å². The molecule has 0 atom stereocenters. The van der Waals surface area contributed by atoms with Crippen LogP contribution < -0.4 is 9.47 Å². The quantitative estimate of drug-likeness (QED) is 0.641. The van der Waals surface area contributed by atoms with Gasteiger partial charge in [-0.15, -0.1) is 0 Å². The van der Waals surface area contributed by atoms with Gasteiger partial charge in [-0.2, -0.15) is 0 Å².